The second-order valence-corrected chi connectivity index (χ2v) is 12.4. The number of hydrogen-bond donors (Lipinski definition) is 4. The molecule has 6 aromatic carbocycles. The molecular formula is C43H40O7. The topological polar surface area (TPSA) is 109 Å². The largest absolute Gasteiger partial charge is 0.508 e. The van der Waals surface area contributed by atoms with Crippen LogP contribution in [0.4, 0.5) is 0 Å². The molecule has 0 fully saturated rings. The van der Waals surface area contributed by atoms with E-state index in [1.807, 2.05) is 36.4 Å². The maximum Gasteiger partial charge on any atom is 0.136 e. The summed E-state index contributed by atoms with van der Waals surface area (Å²) in [5.74, 6) is 2.98. The van der Waals surface area contributed by atoms with Gasteiger partial charge in [-0.2, -0.15) is 0 Å². The Bertz CT molecular complexity index is 2120. The van der Waals surface area contributed by atoms with Gasteiger partial charge in [0.15, 0.2) is 0 Å². The number of ether oxygens (including phenoxy) is 3. The van der Waals surface area contributed by atoms with Crippen molar-refractivity contribution in [2.24, 2.45) is 0 Å². The first-order valence-electron chi connectivity index (χ1n) is 16.7. The summed E-state index contributed by atoms with van der Waals surface area (Å²) in [5, 5.41) is 43.2. The van der Waals surface area contributed by atoms with Crippen LogP contribution < -0.4 is 14.2 Å². The molecule has 0 heterocycles. The fraction of sp³-hybridized carbons (Fsp3) is 0.163. The second kappa shape index (κ2) is 14.6. The van der Waals surface area contributed by atoms with E-state index in [-0.39, 0.29) is 34.7 Å². The molecular weight excluding hydrogens is 628 g/mol. The number of phenols is 4. The minimum atomic E-state index is -0.141. The van der Waals surface area contributed by atoms with Gasteiger partial charge in [-0.25, -0.2) is 0 Å². The first-order valence-corrected chi connectivity index (χ1v) is 16.7. The van der Waals surface area contributed by atoms with E-state index in [1.54, 1.807) is 42.5 Å². The zero-order chi connectivity index (χ0) is 35.4. The molecule has 7 nitrogen and oxygen atoms in total. The fourth-order valence-corrected chi connectivity index (χ4v) is 5.74. The summed E-state index contributed by atoms with van der Waals surface area (Å²) in [6, 6.07) is 32.8. The summed E-state index contributed by atoms with van der Waals surface area (Å²) < 4.78 is 19.0. The molecule has 0 spiro atoms. The zero-order valence-corrected chi connectivity index (χ0v) is 28.5. The van der Waals surface area contributed by atoms with Crippen molar-refractivity contribution in [3.8, 4) is 79.7 Å². The minimum Gasteiger partial charge on any atom is -0.508 e. The van der Waals surface area contributed by atoms with Gasteiger partial charge in [-0.3, -0.25) is 0 Å². The summed E-state index contributed by atoms with van der Waals surface area (Å²) in [4.78, 5) is 0. The van der Waals surface area contributed by atoms with Crippen LogP contribution in [0.3, 0.4) is 0 Å². The van der Waals surface area contributed by atoms with Gasteiger partial charge in [0.1, 0.15) is 57.5 Å². The number of benzene rings is 6. The van der Waals surface area contributed by atoms with Crippen molar-refractivity contribution in [2.75, 3.05) is 0 Å². The van der Waals surface area contributed by atoms with Crippen LogP contribution in [0.15, 0.2) is 115 Å². The Morgan fingerprint density at radius 2 is 0.980 bits per heavy atom. The third-order valence-corrected chi connectivity index (χ3v) is 8.57. The van der Waals surface area contributed by atoms with Gasteiger partial charge in [-0.15, -0.1) is 0 Å². The van der Waals surface area contributed by atoms with Crippen LogP contribution in [0.25, 0.3) is 22.3 Å². The van der Waals surface area contributed by atoms with Gasteiger partial charge in [-0.1, -0.05) is 52.0 Å². The normalized spacial score (nSPS) is 11.1. The molecule has 0 aromatic heterocycles. The van der Waals surface area contributed by atoms with Crippen LogP contribution in [0.2, 0.25) is 0 Å². The molecule has 0 aliphatic carbocycles. The van der Waals surface area contributed by atoms with E-state index in [2.05, 4.69) is 33.8 Å². The Morgan fingerprint density at radius 1 is 0.440 bits per heavy atom. The molecule has 6 aromatic rings. The van der Waals surface area contributed by atoms with Crippen LogP contribution in [-0.4, -0.2) is 20.4 Å². The van der Waals surface area contributed by atoms with Crippen LogP contribution in [0.5, 0.6) is 57.5 Å². The molecule has 0 amide bonds. The number of aryl methyl sites for hydroxylation is 2. The van der Waals surface area contributed by atoms with Gasteiger partial charge in [0, 0.05) is 22.3 Å². The summed E-state index contributed by atoms with van der Waals surface area (Å²) in [6.45, 7) is 8.43. The van der Waals surface area contributed by atoms with E-state index in [0.717, 1.165) is 18.4 Å². The molecule has 0 saturated heterocycles. The Labute approximate surface area is 292 Å². The highest BCUT2D eigenvalue weighted by Crippen LogP contribution is 2.48. The zero-order valence-electron chi connectivity index (χ0n) is 28.5. The van der Waals surface area contributed by atoms with E-state index in [9.17, 15) is 20.4 Å². The van der Waals surface area contributed by atoms with Gasteiger partial charge in [-0.05, 0) is 126 Å². The molecule has 254 valence electrons. The van der Waals surface area contributed by atoms with Crippen molar-refractivity contribution in [1.29, 1.82) is 0 Å². The van der Waals surface area contributed by atoms with Gasteiger partial charge < -0.3 is 34.6 Å². The molecule has 7 heteroatoms. The Kier molecular flexibility index (Phi) is 9.86. The fourth-order valence-electron chi connectivity index (χ4n) is 5.74. The molecule has 6 rings (SSSR count). The average Bonchev–Trinajstić information content (AvgIpc) is 3.12. The monoisotopic (exact) mass is 668 g/mol. The molecule has 0 saturated carbocycles. The average molecular weight is 669 g/mol. The molecule has 0 atom stereocenters. The SMILES string of the molecule is CCc1ccc(Oc2ccc(O)cc2-c2cc(Oc3ccc(O)cc3)c(-c3cc(Oc4ccc(CC)cc4C(C)C)ccc3O)cc2O)cc1. The smallest absolute Gasteiger partial charge is 0.136 e. The standard InChI is InChI=1S/C43H40O7/c1-5-27-7-13-31(14-8-27)48-42-20-12-30(45)22-37(42)36-25-43(49-32-15-10-29(44)11-16-32)38(24-40(36)47)35-23-33(17-18-39(35)46)50-41-19-9-28(6-2)21-34(41)26(3)4/h7-26,44-47H,5-6H2,1-4H3. The van der Waals surface area contributed by atoms with Gasteiger partial charge in [0.05, 0.1) is 0 Å². The molecule has 0 aliphatic heterocycles. The summed E-state index contributed by atoms with van der Waals surface area (Å²) in [5.41, 5.74) is 4.94. The maximum absolute atomic E-state index is 11.6. The number of rotatable bonds is 11. The number of phenolic OH excluding ortho intramolecular Hbond substituents is 4. The van der Waals surface area contributed by atoms with Crippen molar-refractivity contribution in [2.45, 2.75) is 46.5 Å². The quantitative estimate of drug-likeness (QED) is 0.109. The molecule has 0 unspecified atom stereocenters. The van der Waals surface area contributed by atoms with E-state index >= 15 is 0 Å². The van der Waals surface area contributed by atoms with Crippen molar-refractivity contribution in [3.63, 3.8) is 0 Å². The molecule has 4 N–H and O–H groups in total. The first-order chi connectivity index (χ1) is 24.1. The predicted molar refractivity (Wildman–Crippen MR) is 196 cm³/mol. The maximum atomic E-state index is 11.6. The molecule has 0 radical (unpaired) electrons. The van der Waals surface area contributed by atoms with E-state index in [0.29, 0.717) is 51.0 Å². The van der Waals surface area contributed by atoms with E-state index in [4.69, 9.17) is 14.2 Å². The predicted octanol–water partition coefficient (Wildman–Crippen LogP) is 11.5. The minimum absolute atomic E-state index is 0.0200. The van der Waals surface area contributed by atoms with Crippen LogP contribution in [0.1, 0.15) is 50.3 Å². The lowest BCUT2D eigenvalue weighted by atomic mass is 9.96. The number of aromatic hydroxyl groups is 4. The van der Waals surface area contributed by atoms with Crippen LogP contribution in [0, 0.1) is 0 Å². The Balaban J connectivity index is 1.46. The summed E-state index contributed by atoms with van der Waals surface area (Å²) in [7, 11) is 0. The van der Waals surface area contributed by atoms with Crippen molar-refractivity contribution in [1.82, 2.24) is 0 Å². The van der Waals surface area contributed by atoms with Gasteiger partial charge in [0.2, 0.25) is 0 Å². The lowest BCUT2D eigenvalue weighted by Gasteiger charge is -2.19. The molecule has 0 bridgehead atoms. The number of hydrogen-bond acceptors (Lipinski definition) is 7. The lowest BCUT2D eigenvalue weighted by Crippen LogP contribution is -1.97. The lowest BCUT2D eigenvalue weighted by molar-refractivity contribution is 0.455. The van der Waals surface area contributed by atoms with E-state index < -0.39 is 0 Å². The summed E-state index contributed by atoms with van der Waals surface area (Å²) >= 11 is 0. The highest BCUT2D eigenvalue weighted by Gasteiger charge is 2.21. The van der Waals surface area contributed by atoms with Crippen molar-refractivity contribution < 1.29 is 34.6 Å². The Hall–Kier alpha value is -6.08. The third-order valence-electron chi connectivity index (χ3n) is 8.57. The van der Waals surface area contributed by atoms with Gasteiger partial charge in [0.25, 0.3) is 0 Å². The Morgan fingerprint density at radius 3 is 1.66 bits per heavy atom. The molecule has 50 heavy (non-hydrogen) atoms. The second-order valence-electron chi connectivity index (χ2n) is 12.4. The van der Waals surface area contributed by atoms with E-state index in [1.165, 1.54) is 41.5 Å². The van der Waals surface area contributed by atoms with Crippen LogP contribution >= 0.6 is 0 Å². The highest BCUT2D eigenvalue weighted by molar-refractivity contribution is 5.86. The summed E-state index contributed by atoms with van der Waals surface area (Å²) in [6.07, 6.45) is 1.80. The van der Waals surface area contributed by atoms with Gasteiger partial charge >= 0.3 is 0 Å². The van der Waals surface area contributed by atoms with Crippen molar-refractivity contribution >= 4 is 0 Å². The third kappa shape index (κ3) is 7.47. The molecule has 0 aliphatic rings. The first kappa shape index (κ1) is 33.8. The highest BCUT2D eigenvalue weighted by atomic mass is 16.5. The van der Waals surface area contributed by atoms with Crippen LogP contribution in [-0.2, 0) is 12.8 Å². The van der Waals surface area contributed by atoms with Crippen molar-refractivity contribution in [3.05, 3.63) is 132 Å².